The first kappa shape index (κ1) is 19.6. The Labute approximate surface area is 164 Å². The molecule has 0 saturated carbocycles. The van der Waals surface area contributed by atoms with Crippen molar-refractivity contribution in [1.29, 1.82) is 0 Å². The van der Waals surface area contributed by atoms with Gasteiger partial charge in [0.2, 0.25) is 11.8 Å². The smallest absolute Gasteiger partial charge is 0.251 e. The van der Waals surface area contributed by atoms with Gasteiger partial charge in [0.05, 0.1) is 5.92 Å². The van der Waals surface area contributed by atoms with E-state index in [1.54, 1.807) is 36.2 Å². The molecule has 1 heterocycles. The van der Waals surface area contributed by atoms with E-state index in [2.05, 4.69) is 24.5 Å². The largest absolute Gasteiger partial charge is 0.355 e. The number of hydrogen-bond donors (Lipinski definition) is 2. The van der Waals surface area contributed by atoms with Crippen molar-refractivity contribution in [2.75, 3.05) is 23.8 Å². The van der Waals surface area contributed by atoms with Gasteiger partial charge in [-0.25, -0.2) is 0 Å². The monoisotopic (exact) mass is 379 g/mol. The molecule has 2 aromatic rings. The number of amides is 3. The Morgan fingerprint density at radius 1 is 1.11 bits per heavy atom. The summed E-state index contributed by atoms with van der Waals surface area (Å²) < 4.78 is 0. The van der Waals surface area contributed by atoms with Crippen molar-refractivity contribution >= 4 is 29.1 Å². The topological polar surface area (TPSA) is 78.5 Å². The van der Waals surface area contributed by atoms with Crippen molar-refractivity contribution in [3.63, 3.8) is 0 Å². The summed E-state index contributed by atoms with van der Waals surface area (Å²) in [5, 5.41) is 5.39. The van der Waals surface area contributed by atoms with Gasteiger partial charge in [-0.2, -0.15) is 0 Å². The third kappa shape index (κ3) is 4.22. The molecule has 2 N–H and O–H groups in total. The van der Waals surface area contributed by atoms with Crippen LogP contribution in [-0.2, 0) is 9.59 Å². The van der Waals surface area contributed by atoms with Crippen LogP contribution in [0.2, 0.25) is 0 Å². The maximum Gasteiger partial charge on any atom is 0.251 e. The van der Waals surface area contributed by atoms with Gasteiger partial charge < -0.3 is 15.5 Å². The van der Waals surface area contributed by atoms with Crippen LogP contribution in [0, 0.1) is 5.92 Å². The van der Waals surface area contributed by atoms with Gasteiger partial charge in [0.15, 0.2) is 0 Å². The first-order valence-corrected chi connectivity index (χ1v) is 9.42. The molecule has 1 aliphatic heterocycles. The van der Waals surface area contributed by atoms with Gasteiger partial charge in [0.1, 0.15) is 0 Å². The Bertz CT molecular complexity index is 890. The second-order valence-electron chi connectivity index (χ2n) is 7.30. The van der Waals surface area contributed by atoms with Crippen LogP contribution in [0.25, 0.3) is 0 Å². The van der Waals surface area contributed by atoms with Crippen molar-refractivity contribution < 1.29 is 14.4 Å². The highest BCUT2D eigenvalue weighted by molar-refractivity contribution is 6.03. The molecule has 0 bridgehead atoms. The van der Waals surface area contributed by atoms with Crippen LogP contribution in [0.3, 0.4) is 0 Å². The Hall–Kier alpha value is -3.15. The Balaban J connectivity index is 1.67. The molecular formula is C22H25N3O3. The Morgan fingerprint density at radius 3 is 2.46 bits per heavy atom. The predicted molar refractivity (Wildman–Crippen MR) is 109 cm³/mol. The minimum atomic E-state index is -0.408. The van der Waals surface area contributed by atoms with E-state index in [9.17, 15) is 14.4 Å². The van der Waals surface area contributed by atoms with Crippen LogP contribution in [-0.4, -0.2) is 31.3 Å². The quantitative estimate of drug-likeness (QED) is 0.838. The van der Waals surface area contributed by atoms with E-state index in [4.69, 9.17) is 0 Å². The van der Waals surface area contributed by atoms with E-state index in [0.717, 1.165) is 11.3 Å². The maximum absolute atomic E-state index is 12.6. The summed E-state index contributed by atoms with van der Waals surface area (Å²) >= 11 is 0. The molecule has 1 aliphatic rings. The van der Waals surface area contributed by atoms with Gasteiger partial charge in [-0.3, -0.25) is 14.4 Å². The van der Waals surface area contributed by atoms with E-state index in [1.807, 2.05) is 24.3 Å². The first-order chi connectivity index (χ1) is 13.4. The highest BCUT2D eigenvalue weighted by atomic mass is 16.2. The molecule has 0 aliphatic carbocycles. The molecule has 0 aromatic heterocycles. The SMILES string of the molecule is CNC(=O)c1ccc(NC(=O)C2CC(=O)N(c3cccc(C(C)C)c3)C2)cc1. The number of anilines is 2. The van der Waals surface area contributed by atoms with Gasteiger partial charge in [-0.15, -0.1) is 0 Å². The molecule has 1 unspecified atom stereocenters. The molecule has 6 heteroatoms. The summed E-state index contributed by atoms with van der Waals surface area (Å²) in [5.41, 5.74) is 3.12. The summed E-state index contributed by atoms with van der Waals surface area (Å²) in [6, 6.07) is 14.6. The minimum Gasteiger partial charge on any atom is -0.355 e. The summed E-state index contributed by atoms with van der Waals surface area (Å²) in [6.45, 7) is 4.58. The van der Waals surface area contributed by atoms with E-state index >= 15 is 0 Å². The molecule has 1 saturated heterocycles. The molecule has 0 spiro atoms. The molecule has 1 fully saturated rings. The number of nitrogens with zero attached hydrogens (tertiary/aromatic N) is 1. The van der Waals surface area contributed by atoms with Gasteiger partial charge in [-0.1, -0.05) is 26.0 Å². The molecule has 6 nitrogen and oxygen atoms in total. The molecule has 2 aromatic carbocycles. The number of rotatable bonds is 5. The van der Waals surface area contributed by atoms with Crippen molar-refractivity contribution in [3.05, 3.63) is 59.7 Å². The normalized spacial score (nSPS) is 16.4. The minimum absolute atomic E-state index is 0.0454. The predicted octanol–water partition coefficient (Wildman–Crippen LogP) is 3.16. The van der Waals surface area contributed by atoms with Crippen LogP contribution in [0.4, 0.5) is 11.4 Å². The summed E-state index contributed by atoms with van der Waals surface area (Å²) in [5.74, 6) is -0.457. The van der Waals surface area contributed by atoms with Crippen LogP contribution < -0.4 is 15.5 Å². The van der Waals surface area contributed by atoms with E-state index in [-0.39, 0.29) is 24.1 Å². The van der Waals surface area contributed by atoms with Crippen molar-refractivity contribution in [2.45, 2.75) is 26.2 Å². The van der Waals surface area contributed by atoms with Gasteiger partial charge in [-0.05, 0) is 47.9 Å². The third-order valence-electron chi connectivity index (χ3n) is 4.99. The van der Waals surface area contributed by atoms with Crippen molar-refractivity contribution in [3.8, 4) is 0 Å². The van der Waals surface area contributed by atoms with Crippen molar-refractivity contribution in [1.82, 2.24) is 5.32 Å². The lowest BCUT2D eigenvalue weighted by Crippen LogP contribution is -2.28. The zero-order valence-electron chi connectivity index (χ0n) is 16.4. The molecule has 146 valence electrons. The summed E-state index contributed by atoms with van der Waals surface area (Å²) in [7, 11) is 1.57. The fraction of sp³-hybridized carbons (Fsp3) is 0.318. The van der Waals surface area contributed by atoms with Crippen LogP contribution in [0.15, 0.2) is 48.5 Å². The molecule has 28 heavy (non-hydrogen) atoms. The zero-order valence-corrected chi connectivity index (χ0v) is 16.4. The van der Waals surface area contributed by atoms with Crippen LogP contribution >= 0.6 is 0 Å². The third-order valence-corrected chi connectivity index (χ3v) is 4.99. The van der Waals surface area contributed by atoms with Crippen LogP contribution in [0.5, 0.6) is 0 Å². The van der Waals surface area contributed by atoms with E-state index in [0.29, 0.717) is 23.7 Å². The number of nitrogens with one attached hydrogen (secondary N) is 2. The average molecular weight is 379 g/mol. The lowest BCUT2D eigenvalue weighted by atomic mass is 10.0. The van der Waals surface area contributed by atoms with E-state index < -0.39 is 5.92 Å². The maximum atomic E-state index is 12.6. The first-order valence-electron chi connectivity index (χ1n) is 9.42. The standard InChI is InChI=1S/C22H25N3O3/c1-14(2)16-5-4-6-19(11-16)25-13-17(12-20(25)26)22(28)24-18-9-7-15(8-10-18)21(27)23-3/h4-11,14,17H,12-13H2,1-3H3,(H,23,27)(H,24,28). The van der Waals surface area contributed by atoms with Gasteiger partial charge in [0, 0.05) is 37.0 Å². The highest BCUT2D eigenvalue weighted by Gasteiger charge is 2.35. The summed E-state index contributed by atoms with van der Waals surface area (Å²) in [4.78, 5) is 38.4. The molecule has 1 atom stereocenters. The average Bonchev–Trinajstić information content (AvgIpc) is 3.10. The van der Waals surface area contributed by atoms with Crippen LogP contribution in [0.1, 0.15) is 42.1 Å². The Kier molecular flexibility index (Phi) is 5.78. The molecule has 0 radical (unpaired) electrons. The lowest BCUT2D eigenvalue weighted by molar-refractivity contribution is -0.122. The fourth-order valence-electron chi connectivity index (χ4n) is 3.28. The zero-order chi connectivity index (χ0) is 20.3. The molecule has 3 rings (SSSR count). The summed E-state index contributed by atoms with van der Waals surface area (Å²) in [6.07, 6.45) is 0.189. The fourth-order valence-corrected chi connectivity index (χ4v) is 3.28. The number of carbonyl (C=O) groups is 3. The van der Waals surface area contributed by atoms with Crippen molar-refractivity contribution in [2.24, 2.45) is 5.92 Å². The number of hydrogen-bond acceptors (Lipinski definition) is 3. The Morgan fingerprint density at radius 2 is 1.82 bits per heavy atom. The highest BCUT2D eigenvalue weighted by Crippen LogP contribution is 2.28. The second-order valence-corrected chi connectivity index (χ2v) is 7.30. The molecular weight excluding hydrogens is 354 g/mol. The van der Waals surface area contributed by atoms with E-state index in [1.165, 1.54) is 0 Å². The van der Waals surface area contributed by atoms with Gasteiger partial charge in [0.25, 0.3) is 5.91 Å². The number of benzene rings is 2. The number of carbonyl (C=O) groups excluding carboxylic acids is 3. The molecule has 3 amide bonds. The second kappa shape index (κ2) is 8.25. The lowest BCUT2D eigenvalue weighted by Gasteiger charge is -2.18. The van der Waals surface area contributed by atoms with Gasteiger partial charge >= 0.3 is 0 Å².